The van der Waals surface area contributed by atoms with E-state index in [9.17, 15) is 14.0 Å². The molecule has 0 spiro atoms. The number of benzene rings is 1. The van der Waals surface area contributed by atoms with Gasteiger partial charge in [-0.2, -0.15) is 0 Å². The normalized spacial score (nSPS) is 16.5. The van der Waals surface area contributed by atoms with Gasteiger partial charge in [-0.25, -0.2) is 9.18 Å². The van der Waals surface area contributed by atoms with Gasteiger partial charge in [0.05, 0.1) is 0 Å². The van der Waals surface area contributed by atoms with Crippen molar-refractivity contribution in [3.8, 4) is 0 Å². The van der Waals surface area contributed by atoms with Gasteiger partial charge in [-0.05, 0) is 31.4 Å². The SMILES string of the molecule is C[C@H](NC(=O)NCC1(c2ccccc2F)CC1)C(=O)N(C)C. The Hall–Kier alpha value is -2.11. The molecule has 2 rings (SSSR count). The second-order valence-electron chi connectivity index (χ2n) is 6.04. The van der Waals surface area contributed by atoms with Crippen LogP contribution in [0.4, 0.5) is 9.18 Å². The third kappa shape index (κ3) is 3.55. The molecule has 1 atom stereocenters. The first-order valence-corrected chi connectivity index (χ1v) is 7.36. The molecular weight excluding hydrogens is 285 g/mol. The maximum absolute atomic E-state index is 13.9. The van der Waals surface area contributed by atoms with Crippen molar-refractivity contribution in [1.29, 1.82) is 0 Å². The van der Waals surface area contributed by atoms with Crippen molar-refractivity contribution in [2.75, 3.05) is 20.6 Å². The molecule has 0 heterocycles. The number of halogens is 1. The third-order valence-corrected chi connectivity index (χ3v) is 4.04. The highest BCUT2D eigenvalue weighted by molar-refractivity contribution is 5.86. The lowest BCUT2D eigenvalue weighted by atomic mass is 9.95. The molecular formula is C16H22FN3O2. The lowest BCUT2D eigenvalue weighted by molar-refractivity contribution is -0.130. The molecule has 0 saturated heterocycles. The summed E-state index contributed by atoms with van der Waals surface area (Å²) in [6.07, 6.45) is 1.70. The predicted molar refractivity (Wildman–Crippen MR) is 82.0 cm³/mol. The molecule has 3 amide bonds. The van der Waals surface area contributed by atoms with Gasteiger partial charge in [0.25, 0.3) is 0 Å². The minimum absolute atomic E-state index is 0.176. The van der Waals surface area contributed by atoms with Crippen LogP contribution in [-0.4, -0.2) is 43.5 Å². The highest BCUT2D eigenvalue weighted by Crippen LogP contribution is 2.48. The van der Waals surface area contributed by atoms with Crippen molar-refractivity contribution >= 4 is 11.9 Å². The zero-order valence-electron chi connectivity index (χ0n) is 13.1. The number of carbonyl (C=O) groups is 2. The number of likely N-dealkylation sites (N-methyl/N-ethyl adjacent to an activating group) is 1. The summed E-state index contributed by atoms with van der Waals surface area (Å²) in [6.45, 7) is 1.99. The number of amides is 3. The lowest BCUT2D eigenvalue weighted by Crippen LogP contribution is -2.49. The highest BCUT2D eigenvalue weighted by Gasteiger charge is 2.46. The molecule has 0 aliphatic heterocycles. The fraction of sp³-hybridized carbons (Fsp3) is 0.500. The molecule has 1 aliphatic rings. The van der Waals surface area contributed by atoms with E-state index in [0.29, 0.717) is 12.1 Å². The molecule has 6 heteroatoms. The molecule has 1 fully saturated rings. The topological polar surface area (TPSA) is 61.4 Å². The molecule has 1 saturated carbocycles. The summed E-state index contributed by atoms with van der Waals surface area (Å²) in [4.78, 5) is 25.0. The van der Waals surface area contributed by atoms with E-state index in [0.717, 1.165) is 12.8 Å². The zero-order valence-corrected chi connectivity index (χ0v) is 13.1. The molecule has 22 heavy (non-hydrogen) atoms. The van der Waals surface area contributed by atoms with Crippen molar-refractivity contribution in [3.63, 3.8) is 0 Å². The standard InChI is InChI=1S/C16H22FN3O2/c1-11(14(21)20(2)3)19-15(22)18-10-16(8-9-16)12-6-4-5-7-13(12)17/h4-7,11H,8-10H2,1-3H3,(H2,18,19,22)/t11-/m0/s1. The molecule has 0 bridgehead atoms. The van der Waals surface area contributed by atoms with Crippen LogP contribution >= 0.6 is 0 Å². The van der Waals surface area contributed by atoms with Crippen LogP contribution in [0, 0.1) is 5.82 Å². The predicted octanol–water partition coefficient (Wildman–Crippen LogP) is 1.63. The number of nitrogens with one attached hydrogen (secondary N) is 2. The molecule has 120 valence electrons. The zero-order chi connectivity index (χ0) is 16.3. The van der Waals surface area contributed by atoms with Crippen LogP contribution in [0.3, 0.4) is 0 Å². The van der Waals surface area contributed by atoms with E-state index in [-0.39, 0.29) is 17.1 Å². The van der Waals surface area contributed by atoms with E-state index in [1.165, 1.54) is 11.0 Å². The van der Waals surface area contributed by atoms with Gasteiger partial charge in [0.15, 0.2) is 0 Å². The van der Waals surface area contributed by atoms with Crippen LogP contribution in [0.1, 0.15) is 25.3 Å². The van der Waals surface area contributed by atoms with Gasteiger partial charge in [0, 0.05) is 26.1 Å². The molecule has 2 N–H and O–H groups in total. The van der Waals surface area contributed by atoms with Gasteiger partial charge in [-0.1, -0.05) is 18.2 Å². The van der Waals surface area contributed by atoms with Crippen LogP contribution in [0.25, 0.3) is 0 Å². The first-order chi connectivity index (χ1) is 10.4. The summed E-state index contributed by atoms with van der Waals surface area (Å²) in [7, 11) is 3.27. The summed E-state index contributed by atoms with van der Waals surface area (Å²) in [5, 5.41) is 5.34. The first kappa shape index (κ1) is 16.3. The van der Waals surface area contributed by atoms with Gasteiger partial charge < -0.3 is 15.5 Å². The van der Waals surface area contributed by atoms with E-state index >= 15 is 0 Å². The Morgan fingerprint density at radius 1 is 1.32 bits per heavy atom. The van der Waals surface area contributed by atoms with Crippen LogP contribution in [0.2, 0.25) is 0 Å². The summed E-state index contributed by atoms with van der Waals surface area (Å²) in [5.74, 6) is -0.413. The van der Waals surface area contributed by atoms with Crippen LogP contribution in [0.5, 0.6) is 0 Å². The van der Waals surface area contributed by atoms with E-state index in [2.05, 4.69) is 10.6 Å². The second kappa shape index (κ2) is 6.34. The Bertz CT molecular complexity index is 570. The van der Waals surface area contributed by atoms with Crippen molar-refractivity contribution in [2.24, 2.45) is 0 Å². The average Bonchev–Trinajstić information content (AvgIpc) is 3.25. The number of nitrogens with zero attached hydrogens (tertiary/aromatic N) is 1. The Balaban J connectivity index is 1.89. The quantitative estimate of drug-likeness (QED) is 0.868. The Morgan fingerprint density at radius 3 is 2.50 bits per heavy atom. The van der Waals surface area contributed by atoms with E-state index < -0.39 is 12.1 Å². The maximum atomic E-state index is 13.9. The molecule has 0 unspecified atom stereocenters. The monoisotopic (exact) mass is 307 g/mol. The van der Waals surface area contributed by atoms with Gasteiger partial charge in [-0.15, -0.1) is 0 Å². The molecule has 1 aliphatic carbocycles. The second-order valence-corrected chi connectivity index (χ2v) is 6.04. The molecule has 1 aromatic rings. The van der Waals surface area contributed by atoms with Crippen LogP contribution < -0.4 is 10.6 Å². The summed E-state index contributed by atoms with van der Waals surface area (Å²) >= 11 is 0. The van der Waals surface area contributed by atoms with Crippen molar-refractivity contribution in [1.82, 2.24) is 15.5 Å². The Morgan fingerprint density at radius 2 is 1.95 bits per heavy atom. The van der Waals surface area contributed by atoms with Gasteiger partial charge in [-0.3, -0.25) is 4.79 Å². The van der Waals surface area contributed by atoms with Gasteiger partial charge in [0.2, 0.25) is 5.91 Å². The number of carbonyl (C=O) groups excluding carboxylic acids is 2. The Labute approximate surface area is 129 Å². The van der Waals surface area contributed by atoms with Crippen LogP contribution in [0.15, 0.2) is 24.3 Å². The fourth-order valence-electron chi connectivity index (χ4n) is 2.53. The lowest BCUT2D eigenvalue weighted by Gasteiger charge is -2.20. The van der Waals surface area contributed by atoms with Crippen molar-refractivity contribution in [3.05, 3.63) is 35.6 Å². The number of rotatable bonds is 5. The molecule has 0 aromatic heterocycles. The number of urea groups is 1. The fourth-order valence-corrected chi connectivity index (χ4v) is 2.53. The number of hydrogen-bond donors (Lipinski definition) is 2. The molecule has 0 radical (unpaired) electrons. The Kier molecular flexibility index (Phi) is 4.68. The minimum Gasteiger partial charge on any atom is -0.347 e. The van der Waals surface area contributed by atoms with Gasteiger partial charge >= 0.3 is 6.03 Å². The molecule has 1 aromatic carbocycles. The number of hydrogen-bond acceptors (Lipinski definition) is 2. The average molecular weight is 307 g/mol. The first-order valence-electron chi connectivity index (χ1n) is 7.36. The van der Waals surface area contributed by atoms with Crippen LogP contribution in [-0.2, 0) is 10.2 Å². The van der Waals surface area contributed by atoms with Gasteiger partial charge in [0.1, 0.15) is 11.9 Å². The highest BCUT2D eigenvalue weighted by atomic mass is 19.1. The summed E-state index contributed by atoms with van der Waals surface area (Å²) in [5.41, 5.74) is 0.338. The summed E-state index contributed by atoms with van der Waals surface area (Å²) in [6, 6.07) is 5.65. The van der Waals surface area contributed by atoms with E-state index in [4.69, 9.17) is 0 Å². The van der Waals surface area contributed by atoms with Crippen molar-refractivity contribution < 1.29 is 14.0 Å². The third-order valence-electron chi connectivity index (χ3n) is 4.04. The smallest absolute Gasteiger partial charge is 0.315 e. The largest absolute Gasteiger partial charge is 0.347 e. The molecule has 5 nitrogen and oxygen atoms in total. The maximum Gasteiger partial charge on any atom is 0.315 e. The van der Waals surface area contributed by atoms with Crippen molar-refractivity contribution in [2.45, 2.75) is 31.2 Å². The summed E-state index contributed by atoms with van der Waals surface area (Å²) < 4.78 is 13.9. The minimum atomic E-state index is -0.599. The van der Waals surface area contributed by atoms with E-state index in [1.54, 1.807) is 39.2 Å². The van der Waals surface area contributed by atoms with E-state index in [1.807, 2.05) is 0 Å².